The third-order valence-corrected chi connectivity index (χ3v) is 6.19. The molecule has 8 heteroatoms. The van der Waals surface area contributed by atoms with Crippen molar-refractivity contribution in [1.82, 2.24) is 20.5 Å². The van der Waals surface area contributed by atoms with Gasteiger partial charge in [-0.15, -0.1) is 0 Å². The lowest BCUT2D eigenvalue weighted by Gasteiger charge is -2.28. The monoisotopic (exact) mass is 422 g/mol. The van der Waals surface area contributed by atoms with Crippen LogP contribution in [0.25, 0.3) is 10.9 Å². The first-order chi connectivity index (χ1) is 14.3. The minimum absolute atomic E-state index is 0.118. The number of hydrogen-bond acceptors (Lipinski definition) is 3. The molecule has 1 aromatic heterocycles. The summed E-state index contributed by atoms with van der Waals surface area (Å²) in [5, 5.41) is 6.57. The zero-order valence-electron chi connectivity index (χ0n) is 16.2. The van der Waals surface area contributed by atoms with E-state index in [9.17, 15) is 14.4 Å². The summed E-state index contributed by atoms with van der Waals surface area (Å²) in [5.41, 5.74) is 3.06. The number of aromatic nitrogens is 1. The Labute approximate surface area is 177 Å². The van der Waals surface area contributed by atoms with Crippen molar-refractivity contribution in [3.8, 4) is 0 Å². The SMILES string of the molecule is C[C@@]1(c2cccc(C(=O)N3CCc4[nH]c5ccc(Cl)cc5c4C3)c2)NC(=O)NC1=O. The summed E-state index contributed by atoms with van der Waals surface area (Å²) in [4.78, 5) is 42.3. The molecule has 0 aliphatic carbocycles. The number of nitrogens with one attached hydrogen (secondary N) is 3. The average Bonchev–Trinajstić information content (AvgIpc) is 3.23. The Hall–Kier alpha value is -3.32. The van der Waals surface area contributed by atoms with E-state index in [1.54, 1.807) is 36.1 Å². The van der Waals surface area contributed by atoms with Crippen molar-refractivity contribution in [2.24, 2.45) is 0 Å². The van der Waals surface area contributed by atoms with Crippen molar-refractivity contribution in [1.29, 1.82) is 0 Å². The fourth-order valence-corrected chi connectivity index (χ4v) is 4.42. The van der Waals surface area contributed by atoms with Gasteiger partial charge in [0.05, 0.1) is 0 Å². The molecule has 0 spiro atoms. The zero-order chi connectivity index (χ0) is 21.0. The molecule has 30 heavy (non-hydrogen) atoms. The zero-order valence-corrected chi connectivity index (χ0v) is 17.0. The third kappa shape index (κ3) is 2.85. The molecule has 3 aromatic rings. The number of halogens is 1. The van der Waals surface area contributed by atoms with Crippen LogP contribution in [0.1, 0.15) is 34.1 Å². The van der Waals surface area contributed by atoms with E-state index in [1.807, 2.05) is 18.2 Å². The van der Waals surface area contributed by atoms with Gasteiger partial charge in [-0.3, -0.25) is 14.9 Å². The Morgan fingerprint density at radius 1 is 1.17 bits per heavy atom. The van der Waals surface area contributed by atoms with E-state index in [0.29, 0.717) is 29.2 Å². The predicted molar refractivity (Wildman–Crippen MR) is 112 cm³/mol. The molecule has 2 aliphatic heterocycles. The number of aromatic amines is 1. The molecule has 2 aliphatic rings. The summed E-state index contributed by atoms with van der Waals surface area (Å²) in [7, 11) is 0. The van der Waals surface area contributed by atoms with Gasteiger partial charge in [-0.1, -0.05) is 23.7 Å². The van der Waals surface area contributed by atoms with Crippen LogP contribution in [0.4, 0.5) is 4.79 Å². The highest BCUT2D eigenvalue weighted by Gasteiger charge is 2.43. The number of imide groups is 1. The highest BCUT2D eigenvalue weighted by atomic mass is 35.5. The molecule has 3 heterocycles. The molecule has 5 rings (SSSR count). The van der Waals surface area contributed by atoms with E-state index in [0.717, 1.165) is 28.6 Å². The molecule has 1 atom stereocenters. The van der Waals surface area contributed by atoms with Gasteiger partial charge in [-0.25, -0.2) is 4.79 Å². The van der Waals surface area contributed by atoms with Gasteiger partial charge in [0.2, 0.25) is 0 Å². The second-order valence-corrected chi connectivity index (χ2v) is 8.30. The molecule has 4 amide bonds. The molecule has 1 saturated heterocycles. The van der Waals surface area contributed by atoms with E-state index >= 15 is 0 Å². The third-order valence-electron chi connectivity index (χ3n) is 5.96. The topological polar surface area (TPSA) is 94.3 Å². The van der Waals surface area contributed by atoms with Crippen LogP contribution in [0.5, 0.6) is 0 Å². The fraction of sp³-hybridized carbons (Fsp3) is 0.227. The van der Waals surface area contributed by atoms with E-state index in [-0.39, 0.29) is 5.91 Å². The van der Waals surface area contributed by atoms with Gasteiger partial charge < -0.3 is 15.2 Å². The Morgan fingerprint density at radius 3 is 2.77 bits per heavy atom. The van der Waals surface area contributed by atoms with Crippen LogP contribution in [0.15, 0.2) is 42.5 Å². The number of carbonyl (C=O) groups excluding carboxylic acids is 3. The van der Waals surface area contributed by atoms with Crippen molar-refractivity contribution < 1.29 is 14.4 Å². The first kappa shape index (κ1) is 18.7. The van der Waals surface area contributed by atoms with Crippen LogP contribution in [0.2, 0.25) is 5.02 Å². The van der Waals surface area contributed by atoms with Crippen LogP contribution in [0, 0.1) is 0 Å². The molecule has 0 saturated carbocycles. The first-order valence-electron chi connectivity index (χ1n) is 9.67. The van der Waals surface area contributed by atoms with Gasteiger partial charge in [0, 0.05) is 52.3 Å². The number of carbonyl (C=O) groups is 3. The Bertz CT molecular complexity index is 1230. The van der Waals surface area contributed by atoms with Crippen molar-refractivity contribution in [3.63, 3.8) is 0 Å². The first-order valence-corrected chi connectivity index (χ1v) is 10.1. The molecular formula is C22H19ClN4O3. The molecule has 2 aromatic carbocycles. The maximum atomic E-state index is 13.3. The van der Waals surface area contributed by atoms with Gasteiger partial charge >= 0.3 is 6.03 Å². The van der Waals surface area contributed by atoms with Crippen LogP contribution in [0.3, 0.4) is 0 Å². The second kappa shape index (κ2) is 6.60. The second-order valence-electron chi connectivity index (χ2n) is 7.86. The quantitative estimate of drug-likeness (QED) is 0.554. The normalized spacial score (nSPS) is 20.8. The van der Waals surface area contributed by atoms with Crippen LogP contribution < -0.4 is 10.6 Å². The maximum absolute atomic E-state index is 13.3. The van der Waals surface area contributed by atoms with Crippen LogP contribution >= 0.6 is 11.6 Å². The van der Waals surface area contributed by atoms with Crippen molar-refractivity contribution in [3.05, 3.63) is 69.9 Å². The molecule has 0 radical (unpaired) electrons. The average molecular weight is 423 g/mol. The Balaban J connectivity index is 1.45. The standard InChI is InChI=1S/C22H19ClN4O3/c1-22(20(29)25-21(30)26-22)13-4-2-3-12(9-13)19(28)27-8-7-18-16(11-27)15-10-14(23)5-6-17(15)24-18/h2-6,9-10,24H,7-8,11H2,1H3,(H2,25,26,29,30)/t22-/m0/s1. The van der Waals surface area contributed by atoms with Gasteiger partial charge in [-0.2, -0.15) is 0 Å². The highest BCUT2D eigenvalue weighted by molar-refractivity contribution is 6.31. The molecular weight excluding hydrogens is 404 g/mol. The maximum Gasteiger partial charge on any atom is 0.322 e. The number of H-pyrrole nitrogens is 1. The summed E-state index contributed by atoms with van der Waals surface area (Å²) in [5.74, 6) is -0.553. The fourth-order valence-electron chi connectivity index (χ4n) is 4.25. The van der Waals surface area contributed by atoms with Gasteiger partial charge in [0.15, 0.2) is 0 Å². The lowest BCUT2D eigenvalue weighted by atomic mass is 9.90. The van der Waals surface area contributed by atoms with Crippen molar-refractivity contribution in [2.45, 2.75) is 25.4 Å². The molecule has 0 unspecified atom stereocenters. The van der Waals surface area contributed by atoms with Crippen molar-refractivity contribution in [2.75, 3.05) is 6.54 Å². The number of amides is 4. The lowest BCUT2D eigenvalue weighted by molar-refractivity contribution is -0.123. The van der Waals surface area contributed by atoms with E-state index < -0.39 is 17.5 Å². The van der Waals surface area contributed by atoms with E-state index in [4.69, 9.17) is 11.6 Å². The highest BCUT2D eigenvalue weighted by Crippen LogP contribution is 2.31. The molecule has 152 valence electrons. The molecule has 1 fully saturated rings. The van der Waals surface area contributed by atoms with Gasteiger partial charge in [0.1, 0.15) is 5.54 Å². The number of urea groups is 1. The Kier molecular flexibility index (Phi) is 4.11. The summed E-state index contributed by atoms with van der Waals surface area (Å²) in [6, 6.07) is 12.0. The van der Waals surface area contributed by atoms with Crippen LogP contribution in [-0.2, 0) is 23.3 Å². The largest absolute Gasteiger partial charge is 0.358 e. The predicted octanol–water partition coefficient (Wildman–Crippen LogP) is 3.07. The number of fused-ring (bicyclic) bond motifs is 3. The summed E-state index contributed by atoms with van der Waals surface area (Å²) < 4.78 is 0. The lowest BCUT2D eigenvalue weighted by Crippen LogP contribution is -2.41. The van der Waals surface area contributed by atoms with E-state index in [1.165, 1.54) is 0 Å². The smallest absolute Gasteiger partial charge is 0.322 e. The Morgan fingerprint density at radius 2 is 2.00 bits per heavy atom. The minimum atomic E-state index is -1.20. The molecule has 3 N–H and O–H groups in total. The van der Waals surface area contributed by atoms with E-state index in [2.05, 4.69) is 15.6 Å². The van der Waals surface area contributed by atoms with Crippen molar-refractivity contribution >= 4 is 40.3 Å². The van der Waals surface area contributed by atoms with Crippen LogP contribution in [-0.4, -0.2) is 34.3 Å². The molecule has 0 bridgehead atoms. The number of rotatable bonds is 2. The summed E-state index contributed by atoms with van der Waals surface area (Å²) >= 11 is 6.17. The number of hydrogen-bond donors (Lipinski definition) is 3. The minimum Gasteiger partial charge on any atom is -0.358 e. The molecule has 7 nitrogen and oxygen atoms in total. The summed E-state index contributed by atoms with van der Waals surface area (Å²) in [6.45, 7) is 2.69. The van der Waals surface area contributed by atoms with Gasteiger partial charge in [0.25, 0.3) is 11.8 Å². The number of nitrogens with zero attached hydrogens (tertiary/aromatic N) is 1. The van der Waals surface area contributed by atoms with Gasteiger partial charge in [-0.05, 0) is 42.8 Å². The summed E-state index contributed by atoms with van der Waals surface area (Å²) in [6.07, 6.45) is 0.725. The number of benzene rings is 2.